The number of hydrogen-bond acceptors (Lipinski definition) is 2. The highest BCUT2D eigenvalue weighted by atomic mass is 79.9. The van der Waals surface area contributed by atoms with Crippen molar-refractivity contribution in [1.29, 1.82) is 0 Å². The first-order chi connectivity index (χ1) is 9.74. The van der Waals surface area contributed by atoms with Crippen LogP contribution in [0.5, 0.6) is 11.5 Å². The summed E-state index contributed by atoms with van der Waals surface area (Å²) in [4.78, 5) is 0. The number of hydrogen-bond donors (Lipinski definition) is 0. The molecule has 0 fully saturated rings. The van der Waals surface area contributed by atoms with Crippen molar-refractivity contribution in [3.05, 3.63) is 66.2 Å². The van der Waals surface area contributed by atoms with Crippen LogP contribution in [0.4, 0.5) is 0 Å². The third kappa shape index (κ3) is 3.64. The fourth-order valence-electron chi connectivity index (χ4n) is 1.87. The third-order valence-corrected chi connectivity index (χ3v) is 3.31. The molecule has 0 N–H and O–H groups in total. The van der Waals surface area contributed by atoms with E-state index in [-0.39, 0.29) is 0 Å². The van der Waals surface area contributed by atoms with E-state index in [0.29, 0.717) is 6.61 Å². The lowest BCUT2D eigenvalue weighted by Gasteiger charge is -2.09. The molecule has 0 aliphatic heterocycles. The lowest BCUT2D eigenvalue weighted by Crippen LogP contribution is -1.97. The lowest BCUT2D eigenvalue weighted by molar-refractivity contribution is 0.345. The predicted molar refractivity (Wildman–Crippen MR) is 86.9 cm³/mol. The van der Waals surface area contributed by atoms with Crippen LogP contribution in [-0.2, 0) is 0 Å². The highest BCUT2D eigenvalue weighted by molar-refractivity contribution is 9.09. The molecule has 0 aliphatic carbocycles. The van der Waals surface area contributed by atoms with Gasteiger partial charge in [0, 0.05) is 5.33 Å². The van der Waals surface area contributed by atoms with Crippen LogP contribution < -0.4 is 9.47 Å². The second kappa shape index (κ2) is 7.15. The fraction of sp³-hybridized carbons (Fsp3) is 0.176. The van der Waals surface area contributed by atoms with Crippen molar-refractivity contribution in [3.63, 3.8) is 0 Å². The van der Waals surface area contributed by atoms with E-state index in [1.165, 1.54) is 0 Å². The third-order valence-electron chi connectivity index (χ3n) is 2.99. The van der Waals surface area contributed by atoms with E-state index in [0.717, 1.165) is 33.5 Å². The number of ether oxygens (including phenoxy) is 2. The van der Waals surface area contributed by atoms with Crippen molar-refractivity contribution in [2.45, 2.75) is 0 Å². The van der Waals surface area contributed by atoms with Crippen molar-refractivity contribution in [3.8, 4) is 11.5 Å². The van der Waals surface area contributed by atoms with Crippen molar-refractivity contribution < 1.29 is 9.47 Å². The summed E-state index contributed by atoms with van der Waals surface area (Å²) in [6.07, 6.45) is 0. The number of alkyl halides is 1. The largest absolute Gasteiger partial charge is 0.497 e. The van der Waals surface area contributed by atoms with E-state index in [1.807, 2.05) is 48.5 Å². The Morgan fingerprint density at radius 3 is 1.90 bits per heavy atom. The molecule has 0 saturated heterocycles. The molecule has 0 saturated carbocycles. The zero-order valence-electron chi connectivity index (χ0n) is 11.4. The zero-order valence-corrected chi connectivity index (χ0v) is 13.0. The smallest absolute Gasteiger partial charge is 0.119 e. The summed E-state index contributed by atoms with van der Waals surface area (Å²) < 4.78 is 10.7. The second-order valence-corrected chi connectivity index (χ2v) is 5.06. The minimum atomic E-state index is 0.665. The van der Waals surface area contributed by atoms with Crippen molar-refractivity contribution in [2.24, 2.45) is 0 Å². The Kier molecular flexibility index (Phi) is 5.24. The van der Waals surface area contributed by atoms with Gasteiger partial charge in [-0.2, -0.15) is 0 Å². The molecule has 0 atom stereocenters. The molecule has 0 unspecified atom stereocenters. The van der Waals surface area contributed by atoms with Crippen molar-refractivity contribution in [1.82, 2.24) is 0 Å². The number of methoxy groups -OCH3 is 1. The summed E-state index contributed by atoms with van der Waals surface area (Å²) in [5, 5.41) is 0.827. The van der Waals surface area contributed by atoms with Gasteiger partial charge in [0.2, 0.25) is 0 Å². The maximum atomic E-state index is 5.53. The number of benzene rings is 2. The molecule has 2 nitrogen and oxygen atoms in total. The van der Waals surface area contributed by atoms with E-state index in [9.17, 15) is 0 Å². The Bertz CT molecular complexity index is 559. The van der Waals surface area contributed by atoms with Gasteiger partial charge in [-0.3, -0.25) is 0 Å². The molecule has 0 aliphatic rings. The molecule has 3 heteroatoms. The molecule has 0 spiro atoms. The van der Waals surface area contributed by atoms with Crippen molar-refractivity contribution in [2.75, 3.05) is 19.0 Å². The Balaban J connectivity index is 2.11. The molecule has 0 bridgehead atoms. The summed E-state index contributed by atoms with van der Waals surface area (Å²) in [5.41, 5.74) is 3.15. The first-order valence-corrected chi connectivity index (χ1v) is 7.49. The van der Waals surface area contributed by atoms with Crippen LogP contribution in [0, 0.1) is 0 Å². The summed E-state index contributed by atoms with van der Waals surface area (Å²) in [6, 6.07) is 15.9. The minimum Gasteiger partial charge on any atom is -0.497 e. The van der Waals surface area contributed by atoms with Gasteiger partial charge >= 0.3 is 0 Å². The molecule has 20 heavy (non-hydrogen) atoms. The molecule has 2 aromatic rings. The van der Waals surface area contributed by atoms with E-state index in [4.69, 9.17) is 9.47 Å². The average Bonchev–Trinajstić information content (AvgIpc) is 2.53. The highest BCUT2D eigenvalue weighted by Gasteiger charge is 2.03. The van der Waals surface area contributed by atoms with Gasteiger partial charge in [-0.15, -0.1) is 0 Å². The van der Waals surface area contributed by atoms with Crippen LogP contribution in [0.15, 0.2) is 55.1 Å². The summed E-state index contributed by atoms with van der Waals surface area (Å²) in [5.74, 6) is 1.72. The number of halogens is 1. The molecule has 0 heterocycles. The Morgan fingerprint density at radius 1 is 0.950 bits per heavy atom. The molecule has 0 radical (unpaired) electrons. The molecule has 2 rings (SSSR count). The molecule has 0 aromatic heterocycles. The van der Waals surface area contributed by atoms with Gasteiger partial charge < -0.3 is 9.47 Å². The van der Waals surface area contributed by atoms with Gasteiger partial charge in [-0.1, -0.05) is 46.8 Å². The monoisotopic (exact) mass is 332 g/mol. The van der Waals surface area contributed by atoms with E-state index in [1.54, 1.807) is 7.11 Å². The van der Waals surface area contributed by atoms with Crippen LogP contribution in [0.25, 0.3) is 5.57 Å². The van der Waals surface area contributed by atoms with E-state index >= 15 is 0 Å². The molecule has 104 valence electrons. The quantitative estimate of drug-likeness (QED) is 0.723. The van der Waals surface area contributed by atoms with Gasteiger partial charge in [0.1, 0.15) is 11.5 Å². The number of rotatable bonds is 6. The van der Waals surface area contributed by atoms with Gasteiger partial charge in [0.15, 0.2) is 0 Å². The molecule has 0 amide bonds. The van der Waals surface area contributed by atoms with Crippen molar-refractivity contribution >= 4 is 21.5 Å². The van der Waals surface area contributed by atoms with Crippen LogP contribution >= 0.6 is 15.9 Å². The van der Waals surface area contributed by atoms with Crippen LogP contribution in [-0.4, -0.2) is 19.0 Å². The highest BCUT2D eigenvalue weighted by Crippen LogP contribution is 2.25. The molecular formula is C17H17BrO2. The predicted octanol–water partition coefficient (Wildman–Crippen LogP) is 4.53. The second-order valence-electron chi connectivity index (χ2n) is 4.27. The van der Waals surface area contributed by atoms with Gasteiger partial charge in [-0.05, 0) is 41.0 Å². The van der Waals surface area contributed by atoms with Gasteiger partial charge in [0.25, 0.3) is 0 Å². The first kappa shape index (κ1) is 14.7. The first-order valence-electron chi connectivity index (χ1n) is 6.37. The topological polar surface area (TPSA) is 18.5 Å². The maximum absolute atomic E-state index is 5.53. The Morgan fingerprint density at radius 2 is 1.45 bits per heavy atom. The van der Waals surface area contributed by atoms with E-state index < -0.39 is 0 Å². The van der Waals surface area contributed by atoms with Crippen LogP contribution in [0.1, 0.15) is 11.1 Å². The van der Waals surface area contributed by atoms with E-state index in [2.05, 4.69) is 22.5 Å². The lowest BCUT2D eigenvalue weighted by atomic mass is 9.99. The standard InChI is InChI=1S/C17H17BrO2/c1-13(14-3-7-16(19-2)8-4-14)15-5-9-17(10-6-15)20-12-11-18/h3-10H,1,11-12H2,2H3. The Hall–Kier alpha value is -1.74. The van der Waals surface area contributed by atoms with Gasteiger partial charge in [-0.25, -0.2) is 0 Å². The molecule has 2 aromatic carbocycles. The summed E-state index contributed by atoms with van der Waals surface area (Å²) in [6.45, 7) is 4.82. The fourth-order valence-corrected chi connectivity index (χ4v) is 2.03. The zero-order chi connectivity index (χ0) is 14.4. The Labute approximate surface area is 128 Å². The maximum Gasteiger partial charge on any atom is 0.119 e. The molecular weight excluding hydrogens is 316 g/mol. The average molecular weight is 333 g/mol. The normalized spacial score (nSPS) is 10.1. The SMILES string of the molecule is C=C(c1ccc(OC)cc1)c1ccc(OCCBr)cc1. The van der Waals surface area contributed by atoms with Gasteiger partial charge in [0.05, 0.1) is 13.7 Å². The van der Waals surface area contributed by atoms with Crippen LogP contribution in [0.2, 0.25) is 0 Å². The summed E-state index contributed by atoms with van der Waals surface area (Å²) >= 11 is 3.34. The minimum absolute atomic E-state index is 0.665. The van der Waals surface area contributed by atoms with Crippen LogP contribution in [0.3, 0.4) is 0 Å². The summed E-state index contributed by atoms with van der Waals surface area (Å²) in [7, 11) is 1.66.